The number of imidazole rings is 1. The lowest BCUT2D eigenvalue weighted by Gasteiger charge is -2.17. The van der Waals surface area contributed by atoms with E-state index in [1.165, 1.54) is 0 Å². The first-order valence-electron chi connectivity index (χ1n) is 11.6. The van der Waals surface area contributed by atoms with Crippen molar-refractivity contribution in [1.29, 1.82) is 0 Å². The molecule has 0 spiro atoms. The van der Waals surface area contributed by atoms with Crippen LogP contribution in [-0.4, -0.2) is 22.1 Å². The molecule has 0 aliphatic rings. The zero-order valence-corrected chi connectivity index (χ0v) is 20.6. The minimum atomic E-state index is -0.217. The molecule has 1 amide bonds. The maximum Gasteiger partial charge on any atom is 0.224 e. The summed E-state index contributed by atoms with van der Waals surface area (Å²) in [5.41, 5.74) is 5.00. The van der Waals surface area contributed by atoms with Crippen LogP contribution < -0.4 is 10.1 Å². The largest absolute Gasteiger partial charge is 0.494 e. The fraction of sp³-hybridized carbons (Fsp3) is 0.286. The molecule has 5 nitrogen and oxygen atoms in total. The number of rotatable bonds is 9. The van der Waals surface area contributed by atoms with E-state index >= 15 is 0 Å². The van der Waals surface area contributed by atoms with Gasteiger partial charge in [-0.2, -0.15) is 0 Å². The molecular formula is C28H30ClN3O2. The van der Waals surface area contributed by atoms with Gasteiger partial charge in [0.25, 0.3) is 0 Å². The van der Waals surface area contributed by atoms with Crippen LogP contribution in [-0.2, 0) is 17.8 Å². The number of nitrogens with zero attached hydrogens (tertiary/aromatic N) is 2. The average Bonchev–Trinajstić information content (AvgIpc) is 3.19. The van der Waals surface area contributed by atoms with E-state index in [0.29, 0.717) is 13.0 Å². The molecule has 1 aromatic heterocycles. The number of aryl methyl sites for hydroxylation is 3. The molecule has 1 atom stereocenters. The van der Waals surface area contributed by atoms with Gasteiger partial charge in [0, 0.05) is 11.6 Å². The number of benzene rings is 3. The molecule has 0 radical (unpaired) electrons. The van der Waals surface area contributed by atoms with E-state index in [2.05, 4.69) is 16.0 Å². The quantitative estimate of drug-likeness (QED) is 0.293. The Bertz CT molecular complexity index is 1260. The van der Waals surface area contributed by atoms with E-state index in [0.717, 1.165) is 57.3 Å². The number of nitrogens with one attached hydrogen (secondary N) is 1. The molecule has 1 unspecified atom stereocenters. The second kappa shape index (κ2) is 10.7. The van der Waals surface area contributed by atoms with Gasteiger partial charge in [-0.3, -0.25) is 4.79 Å². The summed E-state index contributed by atoms with van der Waals surface area (Å²) in [5.74, 6) is 1.66. The average molecular weight is 476 g/mol. The van der Waals surface area contributed by atoms with E-state index in [1.54, 1.807) is 0 Å². The van der Waals surface area contributed by atoms with Crippen molar-refractivity contribution in [1.82, 2.24) is 14.9 Å². The van der Waals surface area contributed by atoms with Crippen LogP contribution in [0.2, 0.25) is 5.02 Å². The first-order valence-corrected chi connectivity index (χ1v) is 12.0. The van der Waals surface area contributed by atoms with Crippen molar-refractivity contribution in [2.75, 3.05) is 6.61 Å². The Kier molecular flexibility index (Phi) is 7.53. The third kappa shape index (κ3) is 5.60. The van der Waals surface area contributed by atoms with Crippen LogP contribution in [0.25, 0.3) is 11.0 Å². The second-order valence-electron chi connectivity index (χ2n) is 8.63. The van der Waals surface area contributed by atoms with Crippen LogP contribution in [0.1, 0.15) is 41.9 Å². The van der Waals surface area contributed by atoms with Gasteiger partial charge in [0.05, 0.1) is 30.1 Å². The lowest BCUT2D eigenvalue weighted by Crippen LogP contribution is -2.30. The van der Waals surface area contributed by atoms with E-state index in [9.17, 15) is 4.79 Å². The number of ether oxygens (including phenoxy) is 1. The van der Waals surface area contributed by atoms with Gasteiger partial charge in [0.1, 0.15) is 11.6 Å². The van der Waals surface area contributed by atoms with Crippen LogP contribution in [0.4, 0.5) is 0 Å². The number of para-hydroxylation sites is 2. The molecule has 0 fully saturated rings. The topological polar surface area (TPSA) is 56.1 Å². The van der Waals surface area contributed by atoms with Gasteiger partial charge in [0.15, 0.2) is 0 Å². The van der Waals surface area contributed by atoms with E-state index < -0.39 is 0 Å². The summed E-state index contributed by atoms with van der Waals surface area (Å²) >= 11 is 6.27. The standard InChI is InChI=1S/C28H30ClN3O2/c1-19-16-23(17-20(2)27(19)29)34-15-9-14-32-25-13-8-7-12-24(25)31-28(32)21(3)30-26(33)18-22-10-5-4-6-11-22/h4-8,10-13,16-17,21H,9,14-15,18H2,1-3H3,(H,30,33). The van der Waals surface area contributed by atoms with E-state index in [4.69, 9.17) is 21.3 Å². The molecule has 3 aromatic carbocycles. The maximum atomic E-state index is 12.6. The summed E-state index contributed by atoms with van der Waals surface area (Å²) in [4.78, 5) is 17.5. The van der Waals surface area contributed by atoms with Crippen molar-refractivity contribution in [3.8, 4) is 5.75 Å². The van der Waals surface area contributed by atoms with Gasteiger partial charge >= 0.3 is 0 Å². The van der Waals surface area contributed by atoms with Crippen LogP contribution in [0.3, 0.4) is 0 Å². The van der Waals surface area contributed by atoms with Crippen molar-refractivity contribution in [2.45, 2.75) is 46.2 Å². The zero-order valence-electron chi connectivity index (χ0n) is 19.8. The van der Waals surface area contributed by atoms with Crippen molar-refractivity contribution >= 4 is 28.5 Å². The number of hydrogen-bond acceptors (Lipinski definition) is 3. The molecular weight excluding hydrogens is 446 g/mol. The fourth-order valence-electron chi connectivity index (χ4n) is 4.20. The first kappa shape index (κ1) is 23.8. The molecule has 176 valence electrons. The Morgan fingerprint density at radius 3 is 2.47 bits per heavy atom. The molecule has 1 heterocycles. The SMILES string of the molecule is Cc1cc(OCCCn2c(C(C)NC(=O)Cc3ccccc3)nc3ccccc32)cc(C)c1Cl. The summed E-state index contributed by atoms with van der Waals surface area (Å²) in [5, 5.41) is 3.90. The highest BCUT2D eigenvalue weighted by Crippen LogP contribution is 2.26. The predicted octanol–water partition coefficient (Wildman–Crippen LogP) is 6.20. The fourth-order valence-corrected chi connectivity index (χ4v) is 4.31. The number of carbonyl (C=O) groups excluding carboxylic acids is 1. The molecule has 1 N–H and O–H groups in total. The summed E-state index contributed by atoms with van der Waals surface area (Å²) in [6.07, 6.45) is 1.15. The summed E-state index contributed by atoms with van der Waals surface area (Å²) in [6, 6.07) is 21.6. The van der Waals surface area contributed by atoms with Crippen molar-refractivity contribution < 1.29 is 9.53 Å². The zero-order chi connectivity index (χ0) is 24.1. The minimum absolute atomic E-state index is 0.0193. The lowest BCUT2D eigenvalue weighted by atomic mass is 10.1. The Morgan fingerprint density at radius 2 is 1.74 bits per heavy atom. The third-order valence-corrected chi connectivity index (χ3v) is 6.46. The van der Waals surface area contributed by atoms with Gasteiger partial charge in [-0.05, 0) is 68.1 Å². The first-order chi connectivity index (χ1) is 16.4. The highest BCUT2D eigenvalue weighted by atomic mass is 35.5. The van der Waals surface area contributed by atoms with Gasteiger partial charge in [-0.15, -0.1) is 0 Å². The van der Waals surface area contributed by atoms with Crippen LogP contribution >= 0.6 is 11.6 Å². The molecule has 0 aliphatic carbocycles. The summed E-state index contributed by atoms with van der Waals surface area (Å²) in [6.45, 7) is 7.26. The van der Waals surface area contributed by atoms with Gasteiger partial charge < -0.3 is 14.6 Å². The van der Waals surface area contributed by atoms with Crippen LogP contribution in [0.15, 0.2) is 66.7 Å². The molecule has 34 heavy (non-hydrogen) atoms. The number of halogens is 1. The normalized spacial score (nSPS) is 12.0. The number of fused-ring (bicyclic) bond motifs is 1. The van der Waals surface area contributed by atoms with E-state index in [1.807, 2.05) is 81.4 Å². The van der Waals surface area contributed by atoms with Crippen LogP contribution in [0.5, 0.6) is 5.75 Å². The number of hydrogen-bond donors (Lipinski definition) is 1. The minimum Gasteiger partial charge on any atom is -0.494 e. The van der Waals surface area contributed by atoms with Gasteiger partial charge in [0.2, 0.25) is 5.91 Å². The Balaban J connectivity index is 1.44. The summed E-state index contributed by atoms with van der Waals surface area (Å²) < 4.78 is 8.19. The molecule has 4 aromatic rings. The monoisotopic (exact) mass is 475 g/mol. The van der Waals surface area contributed by atoms with Crippen molar-refractivity contribution in [3.63, 3.8) is 0 Å². The molecule has 4 rings (SSSR count). The smallest absolute Gasteiger partial charge is 0.224 e. The van der Waals surface area contributed by atoms with Gasteiger partial charge in [-0.25, -0.2) is 4.98 Å². The number of carbonyl (C=O) groups is 1. The van der Waals surface area contributed by atoms with Crippen LogP contribution in [0, 0.1) is 13.8 Å². The number of amides is 1. The number of aromatic nitrogens is 2. The molecule has 0 bridgehead atoms. The molecule has 6 heteroatoms. The second-order valence-corrected chi connectivity index (χ2v) is 9.01. The highest BCUT2D eigenvalue weighted by Gasteiger charge is 2.18. The Hall–Kier alpha value is -3.31. The molecule has 0 saturated heterocycles. The van der Waals surface area contributed by atoms with Crippen molar-refractivity contribution in [3.05, 3.63) is 94.3 Å². The summed E-state index contributed by atoms with van der Waals surface area (Å²) in [7, 11) is 0. The van der Waals surface area contributed by atoms with Crippen molar-refractivity contribution in [2.24, 2.45) is 0 Å². The molecule has 0 aliphatic heterocycles. The third-order valence-electron chi connectivity index (χ3n) is 5.86. The predicted molar refractivity (Wildman–Crippen MR) is 137 cm³/mol. The van der Waals surface area contributed by atoms with Gasteiger partial charge in [-0.1, -0.05) is 54.1 Å². The molecule has 0 saturated carbocycles. The maximum absolute atomic E-state index is 12.6. The highest BCUT2D eigenvalue weighted by molar-refractivity contribution is 6.32. The Morgan fingerprint density at radius 1 is 1.06 bits per heavy atom. The lowest BCUT2D eigenvalue weighted by molar-refractivity contribution is -0.121. The van der Waals surface area contributed by atoms with E-state index in [-0.39, 0.29) is 11.9 Å². The Labute approximate surface area is 205 Å².